The second-order valence-electron chi connectivity index (χ2n) is 6.44. The molecular formula is C23H18N2O4S. The van der Waals surface area contributed by atoms with Crippen molar-refractivity contribution in [2.24, 2.45) is 4.99 Å². The number of aromatic nitrogens is 1. The van der Waals surface area contributed by atoms with Gasteiger partial charge in [-0.1, -0.05) is 18.2 Å². The highest BCUT2D eigenvalue weighted by molar-refractivity contribution is 7.13. The fraction of sp³-hybridized carbons (Fsp3) is 0.0870. The molecule has 1 N–H and O–H groups in total. The van der Waals surface area contributed by atoms with Crippen LogP contribution in [0.4, 0.5) is 0 Å². The van der Waals surface area contributed by atoms with E-state index in [4.69, 9.17) is 19.2 Å². The summed E-state index contributed by atoms with van der Waals surface area (Å²) in [5.41, 5.74) is 4.43. The fourth-order valence-electron chi connectivity index (χ4n) is 3.00. The molecule has 150 valence electrons. The van der Waals surface area contributed by atoms with E-state index in [1.807, 2.05) is 29.6 Å². The van der Waals surface area contributed by atoms with E-state index in [2.05, 4.69) is 4.99 Å². The lowest BCUT2D eigenvalue weighted by Gasteiger charge is -2.14. The lowest BCUT2D eigenvalue weighted by molar-refractivity contribution is 0.0697. The molecule has 0 spiro atoms. The third-order valence-corrected chi connectivity index (χ3v) is 5.36. The predicted molar refractivity (Wildman–Crippen MR) is 117 cm³/mol. The number of pyridine rings is 1. The number of furan rings is 1. The third kappa shape index (κ3) is 4.16. The highest BCUT2D eigenvalue weighted by Gasteiger charge is 2.17. The first-order valence-corrected chi connectivity index (χ1v) is 10.0. The Morgan fingerprint density at radius 2 is 2.10 bits per heavy atom. The zero-order valence-corrected chi connectivity index (χ0v) is 16.9. The monoisotopic (exact) mass is 418 g/mol. The molecule has 7 heteroatoms. The summed E-state index contributed by atoms with van der Waals surface area (Å²) in [7, 11) is 1.70. The molecule has 0 aliphatic carbocycles. The van der Waals surface area contributed by atoms with E-state index in [1.165, 1.54) is 0 Å². The van der Waals surface area contributed by atoms with Crippen molar-refractivity contribution in [3.8, 4) is 27.6 Å². The fourth-order valence-corrected chi connectivity index (χ4v) is 3.68. The van der Waals surface area contributed by atoms with Crippen LogP contribution in [-0.4, -0.2) is 29.3 Å². The van der Waals surface area contributed by atoms with Crippen molar-refractivity contribution in [2.45, 2.75) is 6.61 Å². The van der Waals surface area contributed by atoms with Crippen LogP contribution >= 0.6 is 11.3 Å². The van der Waals surface area contributed by atoms with Gasteiger partial charge in [0.1, 0.15) is 6.61 Å². The molecule has 0 saturated heterocycles. The summed E-state index contributed by atoms with van der Waals surface area (Å²) in [5.74, 6) is -0.510. The van der Waals surface area contributed by atoms with Crippen molar-refractivity contribution < 1.29 is 19.1 Å². The maximum atomic E-state index is 11.0. The van der Waals surface area contributed by atoms with E-state index in [9.17, 15) is 4.79 Å². The maximum Gasteiger partial charge on any atom is 0.335 e. The van der Waals surface area contributed by atoms with Crippen LogP contribution in [0.15, 0.2) is 75.8 Å². The average Bonchev–Trinajstić information content (AvgIpc) is 3.47. The second kappa shape index (κ2) is 8.75. The molecule has 4 rings (SSSR count). The van der Waals surface area contributed by atoms with Crippen LogP contribution in [0, 0.1) is 0 Å². The summed E-state index contributed by atoms with van der Waals surface area (Å²) in [6.07, 6.45) is 5.02. The molecule has 4 aromatic rings. The molecule has 0 fully saturated rings. The highest BCUT2D eigenvalue weighted by Crippen LogP contribution is 2.35. The molecule has 0 radical (unpaired) electrons. The molecule has 1 aromatic carbocycles. The van der Waals surface area contributed by atoms with Gasteiger partial charge in [0, 0.05) is 24.4 Å². The quantitative estimate of drug-likeness (QED) is 0.406. The number of carbonyl (C=O) groups is 1. The minimum Gasteiger partial charge on any atom is -0.478 e. The highest BCUT2D eigenvalue weighted by atomic mass is 32.1. The van der Waals surface area contributed by atoms with E-state index in [0.29, 0.717) is 5.88 Å². The first kappa shape index (κ1) is 19.6. The summed E-state index contributed by atoms with van der Waals surface area (Å²) in [6.45, 7) is 0.246. The van der Waals surface area contributed by atoms with Gasteiger partial charge in [-0.25, -0.2) is 9.78 Å². The van der Waals surface area contributed by atoms with Crippen molar-refractivity contribution >= 4 is 23.5 Å². The molecule has 0 aliphatic heterocycles. The summed E-state index contributed by atoms with van der Waals surface area (Å²) >= 11 is 1.60. The Kier molecular flexibility index (Phi) is 5.72. The normalized spacial score (nSPS) is 11.1. The van der Waals surface area contributed by atoms with Gasteiger partial charge in [0.15, 0.2) is 0 Å². The first-order chi connectivity index (χ1) is 14.7. The molecule has 0 bridgehead atoms. The van der Waals surface area contributed by atoms with E-state index >= 15 is 0 Å². The lowest BCUT2D eigenvalue weighted by atomic mass is 10.0. The van der Waals surface area contributed by atoms with Crippen LogP contribution in [0.3, 0.4) is 0 Å². The Hall–Kier alpha value is -3.71. The van der Waals surface area contributed by atoms with Crippen molar-refractivity contribution in [3.05, 3.63) is 83.1 Å². The molecule has 0 saturated carbocycles. The third-order valence-electron chi connectivity index (χ3n) is 4.46. The number of rotatable bonds is 7. The van der Waals surface area contributed by atoms with Gasteiger partial charge in [-0.2, -0.15) is 0 Å². The molecule has 0 amide bonds. The lowest BCUT2D eigenvalue weighted by Crippen LogP contribution is -2.04. The molecule has 0 atom stereocenters. The van der Waals surface area contributed by atoms with E-state index in [-0.39, 0.29) is 12.2 Å². The van der Waals surface area contributed by atoms with Crippen molar-refractivity contribution in [1.29, 1.82) is 0 Å². The summed E-state index contributed by atoms with van der Waals surface area (Å²) < 4.78 is 11.4. The van der Waals surface area contributed by atoms with Crippen LogP contribution in [0.2, 0.25) is 0 Å². The molecule has 30 heavy (non-hydrogen) atoms. The number of carboxylic acid groups (broad SMARTS) is 1. The number of ether oxygens (including phenoxy) is 1. The van der Waals surface area contributed by atoms with Gasteiger partial charge in [-0.3, -0.25) is 4.99 Å². The zero-order valence-electron chi connectivity index (χ0n) is 16.1. The van der Waals surface area contributed by atoms with Crippen LogP contribution in [0.5, 0.6) is 5.88 Å². The zero-order chi connectivity index (χ0) is 20.9. The molecule has 3 heterocycles. The Morgan fingerprint density at radius 1 is 1.27 bits per heavy atom. The molecular weight excluding hydrogens is 400 g/mol. The van der Waals surface area contributed by atoms with E-state index < -0.39 is 5.97 Å². The Bertz CT molecular complexity index is 1160. The van der Waals surface area contributed by atoms with Gasteiger partial charge < -0.3 is 14.3 Å². The molecule has 0 unspecified atom stereocenters. The minimum absolute atomic E-state index is 0.234. The van der Waals surface area contributed by atoms with Crippen LogP contribution in [0.1, 0.15) is 21.5 Å². The number of hydrogen-bond acceptors (Lipinski definition) is 6. The number of aliphatic imine (C=N–C) groups is 1. The first-order valence-electron chi connectivity index (χ1n) is 9.14. The Morgan fingerprint density at radius 3 is 2.73 bits per heavy atom. The van der Waals surface area contributed by atoms with Crippen LogP contribution in [0.25, 0.3) is 21.7 Å². The number of benzene rings is 1. The largest absolute Gasteiger partial charge is 0.478 e. The average molecular weight is 418 g/mol. The van der Waals surface area contributed by atoms with Gasteiger partial charge in [-0.15, -0.1) is 11.3 Å². The molecule has 6 nitrogen and oxygen atoms in total. The summed E-state index contributed by atoms with van der Waals surface area (Å²) in [4.78, 5) is 21.0. The molecule has 3 aromatic heterocycles. The number of aromatic carboxylic acids is 1. The number of carboxylic acids is 1. The summed E-state index contributed by atoms with van der Waals surface area (Å²) in [6, 6.07) is 14.5. The SMILES string of the molecule is CN=Cc1c(-c2ccoc2)cc(-c2cccs2)nc1OCc1ccc(C(=O)O)cc1. The van der Waals surface area contributed by atoms with E-state index in [0.717, 1.165) is 32.8 Å². The van der Waals surface area contributed by atoms with Gasteiger partial charge in [0.25, 0.3) is 0 Å². The van der Waals surface area contributed by atoms with Crippen molar-refractivity contribution in [2.75, 3.05) is 7.05 Å². The van der Waals surface area contributed by atoms with Crippen LogP contribution < -0.4 is 4.74 Å². The van der Waals surface area contributed by atoms with E-state index in [1.54, 1.807) is 61.4 Å². The second-order valence-corrected chi connectivity index (χ2v) is 7.39. The predicted octanol–water partition coefficient (Wildman–Crippen LogP) is 5.40. The number of nitrogens with zero attached hydrogens (tertiary/aromatic N) is 2. The van der Waals surface area contributed by atoms with Crippen LogP contribution in [-0.2, 0) is 6.61 Å². The smallest absolute Gasteiger partial charge is 0.335 e. The summed E-state index contributed by atoms with van der Waals surface area (Å²) in [5, 5.41) is 11.1. The number of hydrogen-bond donors (Lipinski definition) is 1. The van der Waals surface area contributed by atoms with Crippen molar-refractivity contribution in [1.82, 2.24) is 4.98 Å². The molecule has 0 aliphatic rings. The van der Waals surface area contributed by atoms with Gasteiger partial charge in [0.2, 0.25) is 5.88 Å². The van der Waals surface area contributed by atoms with Gasteiger partial charge in [0.05, 0.1) is 34.2 Å². The minimum atomic E-state index is -0.959. The van der Waals surface area contributed by atoms with Gasteiger partial charge in [-0.05, 0) is 41.3 Å². The Labute approximate surface area is 177 Å². The standard InChI is InChI=1S/C23H18N2O4S/c1-24-12-19-18(17-8-9-28-14-17)11-20(21-3-2-10-30-21)25-22(19)29-13-15-4-6-16(7-5-15)23(26)27/h2-12,14H,13H2,1H3,(H,26,27). The van der Waals surface area contributed by atoms with Gasteiger partial charge >= 0.3 is 5.97 Å². The Balaban J connectivity index is 1.74. The number of thiophene rings is 1. The topological polar surface area (TPSA) is 84.9 Å². The van der Waals surface area contributed by atoms with Crippen molar-refractivity contribution in [3.63, 3.8) is 0 Å². The maximum absolute atomic E-state index is 11.0.